The molecule has 1 aliphatic rings. The number of nitrogens with zero attached hydrogens (tertiary/aromatic N) is 4. The lowest BCUT2D eigenvalue weighted by molar-refractivity contribution is 0.0297. The molecule has 1 aliphatic heterocycles. The number of aryl methyl sites for hydroxylation is 2. The van der Waals surface area contributed by atoms with Gasteiger partial charge in [0, 0.05) is 37.4 Å². The molecule has 0 saturated carbocycles. The van der Waals surface area contributed by atoms with Crippen LogP contribution in [-0.2, 0) is 21.2 Å². The molecular formula is C16H20N4O3S. The van der Waals surface area contributed by atoms with Gasteiger partial charge in [0.05, 0.1) is 24.6 Å². The third kappa shape index (κ3) is 3.61. The quantitative estimate of drug-likeness (QED) is 0.807. The topological polar surface area (TPSA) is 85.3 Å². The highest BCUT2D eigenvalue weighted by atomic mass is 32.2. The molecule has 0 radical (unpaired) electrons. The monoisotopic (exact) mass is 348 g/mol. The largest absolute Gasteiger partial charge is 0.378 e. The van der Waals surface area contributed by atoms with E-state index in [1.807, 2.05) is 6.92 Å². The Morgan fingerprint density at radius 3 is 2.88 bits per heavy atom. The fourth-order valence-corrected chi connectivity index (χ4v) is 4.39. The molecule has 0 aliphatic carbocycles. The smallest absolute Gasteiger partial charge is 0.245 e. The van der Waals surface area contributed by atoms with Crippen molar-refractivity contribution in [2.75, 3.05) is 19.8 Å². The summed E-state index contributed by atoms with van der Waals surface area (Å²) in [4.78, 5) is 12.7. The zero-order valence-corrected chi connectivity index (χ0v) is 14.3. The Kier molecular flexibility index (Phi) is 5.17. The van der Waals surface area contributed by atoms with E-state index in [-0.39, 0.29) is 10.9 Å². The SMILES string of the molecule is Cc1nccnc1CC[C@@H]1COCCN1S(=O)(=O)c1cccnc1. The van der Waals surface area contributed by atoms with Crippen molar-refractivity contribution in [1.82, 2.24) is 19.3 Å². The number of rotatable bonds is 5. The Morgan fingerprint density at radius 1 is 1.29 bits per heavy atom. The van der Waals surface area contributed by atoms with Crippen LogP contribution in [-0.4, -0.2) is 53.5 Å². The van der Waals surface area contributed by atoms with Crippen LogP contribution in [0.25, 0.3) is 0 Å². The number of hydrogen-bond acceptors (Lipinski definition) is 6. The van der Waals surface area contributed by atoms with E-state index in [9.17, 15) is 8.42 Å². The van der Waals surface area contributed by atoms with Gasteiger partial charge in [-0.1, -0.05) is 0 Å². The molecule has 0 aromatic carbocycles. The molecule has 3 rings (SSSR count). The first kappa shape index (κ1) is 16.9. The van der Waals surface area contributed by atoms with E-state index in [4.69, 9.17) is 4.74 Å². The molecule has 1 saturated heterocycles. The van der Waals surface area contributed by atoms with E-state index in [1.54, 1.807) is 30.7 Å². The van der Waals surface area contributed by atoms with Gasteiger partial charge in [-0.05, 0) is 31.9 Å². The molecule has 0 bridgehead atoms. The summed E-state index contributed by atoms with van der Waals surface area (Å²) < 4.78 is 32.8. The Labute approximate surface area is 141 Å². The molecule has 1 atom stereocenters. The lowest BCUT2D eigenvalue weighted by Gasteiger charge is -2.34. The lowest BCUT2D eigenvalue weighted by Crippen LogP contribution is -2.48. The second-order valence-corrected chi connectivity index (χ2v) is 7.55. The van der Waals surface area contributed by atoms with E-state index in [1.165, 1.54) is 10.5 Å². The fraction of sp³-hybridized carbons (Fsp3) is 0.438. The summed E-state index contributed by atoms with van der Waals surface area (Å²) in [5.74, 6) is 0. The molecule has 2 aromatic heterocycles. The molecule has 128 valence electrons. The van der Waals surface area contributed by atoms with Crippen LogP contribution in [0.5, 0.6) is 0 Å². The van der Waals surface area contributed by atoms with Crippen molar-refractivity contribution in [2.24, 2.45) is 0 Å². The molecular weight excluding hydrogens is 328 g/mol. The molecule has 2 aromatic rings. The lowest BCUT2D eigenvalue weighted by atomic mass is 10.1. The zero-order valence-electron chi connectivity index (χ0n) is 13.5. The van der Waals surface area contributed by atoms with Crippen LogP contribution in [0, 0.1) is 6.92 Å². The maximum atomic E-state index is 12.9. The van der Waals surface area contributed by atoms with Gasteiger partial charge in [0.15, 0.2) is 0 Å². The van der Waals surface area contributed by atoms with Gasteiger partial charge < -0.3 is 4.74 Å². The highest BCUT2D eigenvalue weighted by molar-refractivity contribution is 7.89. The number of pyridine rings is 1. The van der Waals surface area contributed by atoms with Crippen LogP contribution in [0.4, 0.5) is 0 Å². The predicted molar refractivity (Wildman–Crippen MR) is 87.8 cm³/mol. The first-order valence-electron chi connectivity index (χ1n) is 7.85. The van der Waals surface area contributed by atoms with Crippen LogP contribution in [0.1, 0.15) is 17.8 Å². The van der Waals surface area contributed by atoms with Crippen molar-refractivity contribution in [3.8, 4) is 0 Å². The number of aromatic nitrogens is 3. The van der Waals surface area contributed by atoms with Gasteiger partial charge in [-0.3, -0.25) is 15.0 Å². The molecule has 24 heavy (non-hydrogen) atoms. The predicted octanol–water partition coefficient (Wildman–Crippen LogP) is 1.20. The van der Waals surface area contributed by atoms with E-state index in [0.29, 0.717) is 32.6 Å². The van der Waals surface area contributed by atoms with Gasteiger partial charge in [-0.15, -0.1) is 0 Å². The number of ether oxygens (including phenoxy) is 1. The average molecular weight is 348 g/mol. The summed E-state index contributed by atoms with van der Waals surface area (Å²) in [6.07, 6.45) is 7.55. The minimum absolute atomic E-state index is 0.215. The minimum Gasteiger partial charge on any atom is -0.378 e. The first-order valence-corrected chi connectivity index (χ1v) is 9.29. The van der Waals surface area contributed by atoms with Crippen molar-refractivity contribution < 1.29 is 13.2 Å². The first-order chi connectivity index (χ1) is 11.6. The molecule has 3 heterocycles. The molecule has 7 nitrogen and oxygen atoms in total. The summed E-state index contributed by atoms with van der Waals surface area (Å²) in [6.45, 7) is 3.05. The van der Waals surface area contributed by atoms with E-state index in [0.717, 1.165) is 11.4 Å². The van der Waals surface area contributed by atoms with E-state index >= 15 is 0 Å². The third-order valence-electron chi connectivity index (χ3n) is 4.11. The third-order valence-corrected chi connectivity index (χ3v) is 6.05. The summed E-state index contributed by atoms with van der Waals surface area (Å²) in [5, 5.41) is 0. The van der Waals surface area contributed by atoms with Gasteiger partial charge in [0.25, 0.3) is 0 Å². The maximum Gasteiger partial charge on any atom is 0.245 e. The van der Waals surface area contributed by atoms with E-state index < -0.39 is 10.0 Å². The Bertz CT molecular complexity index is 783. The molecule has 0 N–H and O–H groups in total. The zero-order chi connectivity index (χ0) is 17.0. The standard InChI is InChI=1S/C16H20N4O3S/c1-13-16(19-8-7-18-13)5-4-14-12-23-10-9-20(14)24(21,22)15-3-2-6-17-11-15/h2-3,6-8,11,14H,4-5,9-10,12H2,1H3/t14-/m1/s1. The van der Waals surface area contributed by atoms with Crippen molar-refractivity contribution in [1.29, 1.82) is 0 Å². The van der Waals surface area contributed by atoms with Crippen molar-refractivity contribution in [2.45, 2.75) is 30.7 Å². The van der Waals surface area contributed by atoms with Gasteiger partial charge in [-0.25, -0.2) is 8.42 Å². The van der Waals surface area contributed by atoms with Gasteiger partial charge in [-0.2, -0.15) is 4.31 Å². The second-order valence-electron chi connectivity index (χ2n) is 5.66. The summed E-state index contributed by atoms with van der Waals surface area (Å²) in [7, 11) is -3.57. The van der Waals surface area contributed by atoms with E-state index in [2.05, 4.69) is 15.0 Å². The van der Waals surface area contributed by atoms with Crippen LogP contribution in [0.3, 0.4) is 0 Å². The van der Waals surface area contributed by atoms with Gasteiger partial charge in [0.2, 0.25) is 10.0 Å². The van der Waals surface area contributed by atoms with Crippen molar-refractivity contribution >= 4 is 10.0 Å². The fourth-order valence-electron chi connectivity index (χ4n) is 2.80. The Morgan fingerprint density at radius 2 is 2.12 bits per heavy atom. The summed E-state index contributed by atoms with van der Waals surface area (Å²) in [5.41, 5.74) is 1.76. The highest BCUT2D eigenvalue weighted by Crippen LogP contribution is 2.22. The molecule has 1 fully saturated rings. The second kappa shape index (κ2) is 7.33. The minimum atomic E-state index is -3.57. The molecule has 8 heteroatoms. The van der Waals surface area contributed by atoms with Crippen LogP contribution in [0.2, 0.25) is 0 Å². The molecule has 0 unspecified atom stereocenters. The number of hydrogen-bond donors (Lipinski definition) is 0. The van der Waals surface area contributed by atoms with Crippen molar-refractivity contribution in [3.05, 3.63) is 48.3 Å². The number of morpholine rings is 1. The van der Waals surface area contributed by atoms with Crippen LogP contribution in [0.15, 0.2) is 41.8 Å². The molecule has 0 amide bonds. The highest BCUT2D eigenvalue weighted by Gasteiger charge is 2.34. The van der Waals surface area contributed by atoms with Gasteiger partial charge >= 0.3 is 0 Å². The Hall–Kier alpha value is -1.90. The summed E-state index contributed by atoms with van der Waals surface area (Å²) >= 11 is 0. The van der Waals surface area contributed by atoms with Crippen molar-refractivity contribution in [3.63, 3.8) is 0 Å². The van der Waals surface area contributed by atoms with Gasteiger partial charge in [0.1, 0.15) is 4.90 Å². The average Bonchev–Trinajstić information content (AvgIpc) is 2.62. The normalized spacial score (nSPS) is 19.3. The maximum absolute atomic E-state index is 12.9. The Balaban J connectivity index is 1.78. The van der Waals surface area contributed by atoms with Crippen LogP contribution >= 0.6 is 0 Å². The summed E-state index contributed by atoms with van der Waals surface area (Å²) in [6, 6.07) is 2.98. The number of sulfonamides is 1. The van der Waals surface area contributed by atoms with Crippen LogP contribution < -0.4 is 0 Å². The molecule has 0 spiro atoms.